The largest absolute Gasteiger partial charge is 0.494 e. The van der Waals surface area contributed by atoms with Gasteiger partial charge in [-0.1, -0.05) is 17.8 Å². The number of amides is 1. The van der Waals surface area contributed by atoms with Crippen LogP contribution in [-0.2, 0) is 10.0 Å². The number of hydrogen-bond donors (Lipinski definition) is 2. The fourth-order valence-corrected chi connectivity index (χ4v) is 3.91. The number of nitrogens with zero attached hydrogens (tertiary/aromatic N) is 2. The summed E-state index contributed by atoms with van der Waals surface area (Å²) in [4.78, 5) is 17.0. The predicted molar refractivity (Wildman–Crippen MR) is 119 cm³/mol. The molecule has 2 N–H and O–H groups in total. The van der Waals surface area contributed by atoms with Gasteiger partial charge in [-0.25, -0.2) is 13.4 Å². The van der Waals surface area contributed by atoms with Crippen LogP contribution in [0.5, 0.6) is 5.75 Å². The van der Waals surface area contributed by atoms with Crippen molar-refractivity contribution in [3.8, 4) is 11.4 Å². The van der Waals surface area contributed by atoms with Crippen molar-refractivity contribution in [1.82, 2.24) is 9.55 Å². The van der Waals surface area contributed by atoms with Gasteiger partial charge in [0.15, 0.2) is 5.16 Å². The van der Waals surface area contributed by atoms with E-state index in [4.69, 9.17) is 4.74 Å². The van der Waals surface area contributed by atoms with E-state index in [1.54, 1.807) is 49.5 Å². The van der Waals surface area contributed by atoms with Crippen molar-refractivity contribution in [2.45, 2.75) is 12.1 Å². The molecule has 1 heterocycles. The number of anilines is 2. The van der Waals surface area contributed by atoms with Gasteiger partial charge >= 0.3 is 0 Å². The Kier molecular flexibility index (Phi) is 6.68. The summed E-state index contributed by atoms with van der Waals surface area (Å²) in [5, 5.41) is 3.63. The van der Waals surface area contributed by atoms with Gasteiger partial charge in [-0.05, 0) is 43.5 Å². The van der Waals surface area contributed by atoms with E-state index in [2.05, 4.69) is 15.0 Å². The van der Waals surface area contributed by atoms with Crippen LogP contribution in [0.25, 0.3) is 5.69 Å². The van der Waals surface area contributed by atoms with Crippen LogP contribution < -0.4 is 14.8 Å². The minimum Gasteiger partial charge on any atom is -0.494 e. The minimum absolute atomic E-state index is 0.0554. The molecule has 0 fully saturated rings. The summed E-state index contributed by atoms with van der Waals surface area (Å²) in [6.45, 7) is 1.55. The Hall–Kier alpha value is -2.98. The van der Waals surface area contributed by atoms with E-state index in [-0.39, 0.29) is 11.7 Å². The SMILES string of the molecule is CCS(=O)(=O)Nc1ccc(NC(=O)c2cccc(-n3ccnc3SC)c2)cc1OC. The summed E-state index contributed by atoms with van der Waals surface area (Å²) in [5.74, 6) is -0.0478. The van der Waals surface area contributed by atoms with Gasteiger partial charge in [0.1, 0.15) is 5.75 Å². The Bertz CT molecular complexity index is 1160. The highest BCUT2D eigenvalue weighted by Gasteiger charge is 2.14. The van der Waals surface area contributed by atoms with Crippen molar-refractivity contribution in [3.63, 3.8) is 0 Å². The number of methoxy groups -OCH3 is 1. The first-order valence-electron chi connectivity index (χ1n) is 9.04. The van der Waals surface area contributed by atoms with Gasteiger partial charge in [0, 0.05) is 35.4 Å². The lowest BCUT2D eigenvalue weighted by atomic mass is 10.1. The molecule has 30 heavy (non-hydrogen) atoms. The molecule has 158 valence electrons. The second-order valence-electron chi connectivity index (χ2n) is 6.21. The summed E-state index contributed by atoms with van der Waals surface area (Å²) in [6.07, 6.45) is 5.48. The summed E-state index contributed by atoms with van der Waals surface area (Å²) in [6, 6.07) is 11.9. The van der Waals surface area contributed by atoms with Gasteiger partial charge in [-0.15, -0.1) is 0 Å². The zero-order valence-corrected chi connectivity index (χ0v) is 18.4. The van der Waals surface area contributed by atoms with Gasteiger partial charge in [-0.3, -0.25) is 14.1 Å². The van der Waals surface area contributed by atoms with Gasteiger partial charge in [0.25, 0.3) is 5.91 Å². The Morgan fingerprint density at radius 2 is 2.03 bits per heavy atom. The Morgan fingerprint density at radius 3 is 2.73 bits per heavy atom. The second kappa shape index (κ2) is 9.23. The average molecular weight is 447 g/mol. The number of carbonyl (C=O) groups excluding carboxylic acids is 1. The van der Waals surface area contributed by atoms with Crippen LogP contribution in [0.15, 0.2) is 60.0 Å². The average Bonchev–Trinajstić information content (AvgIpc) is 3.23. The van der Waals surface area contributed by atoms with E-state index in [1.165, 1.54) is 18.9 Å². The van der Waals surface area contributed by atoms with Crippen LogP contribution in [0.2, 0.25) is 0 Å². The van der Waals surface area contributed by atoms with E-state index in [0.717, 1.165) is 10.8 Å². The molecule has 1 amide bonds. The molecule has 0 atom stereocenters. The van der Waals surface area contributed by atoms with Gasteiger partial charge in [0.2, 0.25) is 10.0 Å². The van der Waals surface area contributed by atoms with Crippen molar-refractivity contribution >= 4 is 39.1 Å². The van der Waals surface area contributed by atoms with E-state index >= 15 is 0 Å². The predicted octanol–water partition coefficient (Wildman–Crippen LogP) is 3.62. The number of sulfonamides is 1. The molecule has 0 aliphatic rings. The molecule has 0 unspecified atom stereocenters. The maximum Gasteiger partial charge on any atom is 0.255 e. The molecule has 0 radical (unpaired) electrons. The number of aromatic nitrogens is 2. The third-order valence-electron chi connectivity index (χ3n) is 4.28. The summed E-state index contributed by atoms with van der Waals surface area (Å²) >= 11 is 1.51. The molecule has 8 nitrogen and oxygen atoms in total. The third-order valence-corrected chi connectivity index (χ3v) is 6.24. The molecule has 0 aliphatic heterocycles. The lowest BCUT2D eigenvalue weighted by molar-refractivity contribution is 0.102. The van der Waals surface area contributed by atoms with Crippen LogP contribution in [0.1, 0.15) is 17.3 Å². The maximum absolute atomic E-state index is 12.8. The lowest BCUT2D eigenvalue weighted by Crippen LogP contribution is -2.16. The quantitative estimate of drug-likeness (QED) is 0.513. The van der Waals surface area contributed by atoms with E-state index in [9.17, 15) is 13.2 Å². The molecule has 3 rings (SSSR count). The van der Waals surface area contributed by atoms with Gasteiger partial charge in [0.05, 0.1) is 18.6 Å². The molecule has 0 saturated carbocycles. The molecule has 0 spiro atoms. The number of benzene rings is 2. The topological polar surface area (TPSA) is 102 Å². The molecular formula is C20H22N4O4S2. The smallest absolute Gasteiger partial charge is 0.255 e. The van der Waals surface area contributed by atoms with Crippen molar-refractivity contribution in [2.24, 2.45) is 0 Å². The minimum atomic E-state index is -3.44. The van der Waals surface area contributed by atoms with Crippen molar-refractivity contribution < 1.29 is 17.9 Å². The highest BCUT2D eigenvalue weighted by Crippen LogP contribution is 2.29. The standard InChI is InChI=1S/C20H22N4O4S2/c1-4-30(26,27)23-17-9-8-15(13-18(17)28-2)22-19(25)14-6-5-7-16(12-14)24-11-10-21-20(24)29-3/h5-13,23H,4H2,1-3H3,(H,22,25). The molecule has 10 heteroatoms. The molecular weight excluding hydrogens is 424 g/mol. The van der Waals surface area contributed by atoms with Gasteiger partial charge in [-0.2, -0.15) is 0 Å². The summed E-state index contributed by atoms with van der Waals surface area (Å²) in [7, 11) is -2.01. The lowest BCUT2D eigenvalue weighted by Gasteiger charge is -2.13. The summed E-state index contributed by atoms with van der Waals surface area (Å²) < 4.78 is 33.3. The van der Waals surface area contributed by atoms with Crippen LogP contribution in [0.3, 0.4) is 0 Å². The van der Waals surface area contributed by atoms with E-state index in [0.29, 0.717) is 22.7 Å². The first kappa shape index (κ1) is 21.7. The highest BCUT2D eigenvalue weighted by atomic mass is 32.2. The number of rotatable bonds is 8. The molecule has 0 aliphatic carbocycles. The van der Waals surface area contributed by atoms with Gasteiger partial charge < -0.3 is 10.1 Å². The monoisotopic (exact) mass is 446 g/mol. The number of imidazole rings is 1. The fourth-order valence-electron chi connectivity index (χ4n) is 2.73. The first-order valence-corrected chi connectivity index (χ1v) is 11.9. The van der Waals surface area contributed by atoms with Crippen molar-refractivity contribution in [3.05, 3.63) is 60.4 Å². The van der Waals surface area contributed by atoms with Crippen molar-refractivity contribution in [2.75, 3.05) is 29.2 Å². The Morgan fingerprint density at radius 1 is 1.23 bits per heavy atom. The highest BCUT2D eigenvalue weighted by molar-refractivity contribution is 7.98. The maximum atomic E-state index is 12.8. The summed E-state index contributed by atoms with van der Waals surface area (Å²) in [5.41, 5.74) is 2.09. The van der Waals surface area contributed by atoms with Crippen LogP contribution in [0.4, 0.5) is 11.4 Å². The molecule has 2 aromatic carbocycles. The Labute approximate surface area is 179 Å². The van der Waals surface area contributed by atoms with Crippen LogP contribution in [-0.4, -0.2) is 43.0 Å². The number of carbonyl (C=O) groups is 1. The van der Waals surface area contributed by atoms with E-state index in [1.807, 2.05) is 23.1 Å². The zero-order valence-electron chi connectivity index (χ0n) is 16.7. The van der Waals surface area contributed by atoms with Crippen LogP contribution in [0, 0.1) is 0 Å². The molecule has 3 aromatic rings. The Balaban J connectivity index is 1.82. The second-order valence-corrected chi connectivity index (χ2v) is 8.99. The zero-order chi connectivity index (χ0) is 21.7. The van der Waals surface area contributed by atoms with E-state index < -0.39 is 10.0 Å². The fraction of sp³-hybridized carbons (Fsp3) is 0.200. The number of hydrogen-bond acceptors (Lipinski definition) is 6. The number of ether oxygens (including phenoxy) is 1. The third kappa shape index (κ3) is 4.95. The van der Waals surface area contributed by atoms with Crippen LogP contribution >= 0.6 is 11.8 Å². The molecule has 0 saturated heterocycles. The molecule has 0 bridgehead atoms. The van der Waals surface area contributed by atoms with Crippen molar-refractivity contribution in [1.29, 1.82) is 0 Å². The normalized spacial score (nSPS) is 11.2. The number of thioether (sulfide) groups is 1. The first-order chi connectivity index (χ1) is 14.4. The molecule has 1 aromatic heterocycles. The number of nitrogens with one attached hydrogen (secondary N) is 2.